The number of hydrogen-bond acceptors (Lipinski definition) is 0. The molecule has 0 amide bonds. The lowest BCUT2D eigenvalue weighted by Gasteiger charge is -2.13. The maximum absolute atomic E-state index is 4.44. The first-order chi connectivity index (χ1) is 13.4. The molecule has 4 rings (SSSR count). The lowest BCUT2D eigenvalue weighted by Crippen LogP contribution is -1.97. The molecule has 2 aliphatic carbocycles. The molecule has 2 aromatic rings. The van der Waals surface area contributed by atoms with Crippen LogP contribution in [0.25, 0.3) is 5.57 Å². The molecule has 1 unspecified atom stereocenters. The summed E-state index contributed by atoms with van der Waals surface area (Å²) in [7, 11) is 0. The van der Waals surface area contributed by atoms with Gasteiger partial charge in [-0.25, -0.2) is 0 Å². The molecule has 28 heavy (non-hydrogen) atoms. The zero-order valence-corrected chi connectivity index (χ0v) is 17.2. The Morgan fingerprint density at radius 2 is 1.57 bits per heavy atom. The summed E-state index contributed by atoms with van der Waals surface area (Å²) in [6.07, 6.45) is 8.80. The standard InChI is InChI=1S/C28H28/c1-18-7-11-24(12-8-18)28-21(4)15-26(22(28)5)17-23-10-13-25(16-23)27-14-19(2)6-9-20(27)3/h6-14,17,28H,4-5,15-16H2,1-3H3/b26-17+. The molecule has 0 saturated heterocycles. The van der Waals surface area contributed by atoms with Gasteiger partial charge in [0, 0.05) is 5.92 Å². The Bertz CT molecular complexity index is 1050. The fraction of sp³-hybridized carbons (Fsp3) is 0.214. The molecule has 0 radical (unpaired) electrons. The summed E-state index contributed by atoms with van der Waals surface area (Å²) in [5.74, 6) is 0.250. The van der Waals surface area contributed by atoms with E-state index in [0.29, 0.717) is 0 Å². The molecule has 0 heterocycles. The maximum Gasteiger partial charge on any atom is 0.0296 e. The van der Waals surface area contributed by atoms with E-state index < -0.39 is 0 Å². The van der Waals surface area contributed by atoms with Crippen LogP contribution in [0, 0.1) is 20.8 Å². The van der Waals surface area contributed by atoms with Crippen LogP contribution in [0.2, 0.25) is 0 Å². The molecule has 140 valence electrons. The highest BCUT2D eigenvalue weighted by Crippen LogP contribution is 2.46. The van der Waals surface area contributed by atoms with Gasteiger partial charge < -0.3 is 0 Å². The average Bonchev–Trinajstić information content (AvgIpc) is 3.23. The van der Waals surface area contributed by atoms with Crippen molar-refractivity contribution >= 4 is 5.57 Å². The van der Waals surface area contributed by atoms with Crippen LogP contribution in [0.5, 0.6) is 0 Å². The highest BCUT2D eigenvalue weighted by Gasteiger charge is 2.29. The van der Waals surface area contributed by atoms with E-state index in [1.165, 1.54) is 55.7 Å². The van der Waals surface area contributed by atoms with Crippen molar-refractivity contribution in [3.8, 4) is 0 Å². The number of aryl methyl sites for hydroxylation is 3. The molecule has 1 saturated carbocycles. The Morgan fingerprint density at radius 1 is 0.857 bits per heavy atom. The fourth-order valence-electron chi connectivity index (χ4n) is 4.37. The molecule has 0 aliphatic heterocycles. The molecule has 0 spiro atoms. The van der Waals surface area contributed by atoms with Crippen molar-refractivity contribution in [2.45, 2.75) is 39.5 Å². The minimum atomic E-state index is 0.250. The fourth-order valence-corrected chi connectivity index (χ4v) is 4.37. The van der Waals surface area contributed by atoms with Gasteiger partial charge in [-0.15, -0.1) is 0 Å². The van der Waals surface area contributed by atoms with Gasteiger partial charge in [-0.05, 0) is 72.6 Å². The second kappa shape index (κ2) is 7.28. The normalized spacial score (nSPS) is 20.7. The van der Waals surface area contributed by atoms with Crippen molar-refractivity contribution in [3.05, 3.63) is 124 Å². The van der Waals surface area contributed by atoms with Gasteiger partial charge in [0.1, 0.15) is 0 Å². The van der Waals surface area contributed by atoms with Crippen LogP contribution in [0.3, 0.4) is 0 Å². The van der Waals surface area contributed by atoms with E-state index >= 15 is 0 Å². The summed E-state index contributed by atoms with van der Waals surface area (Å²) in [6.45, 7) is 15.3. The van der Waals surface area contributed by atoms with Gasteiger partial charge in [-0.3, -0.25) is 0 Å². The van der Waals surface area contributed by atoms with Crippen LogP contribution < -0.4 is 0 Å². The van der Waals surface area contributed by atoms with Crippen molar-refractivity contribution in [3.63, 3.8) is 0 Å². The molecule has 0 N–H and O–H groups in total. The van der Waals surface area contributed by atoms with Crippen molar-refractivity contribution in [1.82, 2.24) is 0 Å². The first-order valence-corrected chi connectivity index (χ1v) is 10.0. The van der Waals surface area contributed by atoms with Gasteiger partial charge >= 0.3 is 0 Å². The lowest BCUT2D eigenvalue weighted by atomic mass is 9.90. The molecule has 1 atom stereocenters. The first kappa shape index (κ1) is 18.5. The monoisotopic (exact) mass is 364 g/mol. The van der Waals surface area contributed by atoms with E-state index in [9.17, 15) is 0 Å². The Balaban J connectivity index is 1.53. The maximum atomic E-state index is 4.44. The Hall–Kier alpha value is -2.86. The lowest BCUT2D eigenvalue weighted by molar-refractivity contribution is 0.998. The van der Waals surface area contributed by atoms with Gasteiger partial charge in [-0.2, -0.15) is 0 Å². The Kier molecular flexibility index (Phi) is 4.81. The topological polar surface area (TPSA) is 0 Å². The largest absolute Gasteiger partial charge is 0.0986 e. The van der Waals surface area contributed by atoms with Gasteiger partial charge in [0.05, 0.1) is 0 Å². The second-order valence-electron chi connectivity index (χ2n) is 8.30. The molecule has 0 heteroatoms. The molecular formula is C28H28. The molecule has 0 bridgehead atoms. The van der Waals surface area contributed by atoms with Crippen molar-refractivity contribution in [2.24, 2.45) is 0 Å². The summed E-state index contributed by atoms with van der Waals surface area (Å²) < 4.78 is 0. The third-order valence-corrected chi connectivity index (χ3v) is 5.99. The molecule has 2 aliphatic rings. The minimum absolute atomic E-state index is 0.250. The van der Waals surface area contributed by atoms with Gasteiger partial charge in [-0.1, -0.05) is 90.6 Å². The van der Waals surface area contributed by atoms with E-state index in [1.807, 2.05) is 0 Å². The zero-order chi connectivity index (χ0) is 19.8. The predicted octanol–water partition coefficient (Wildman–Crippen LogP) is 7.55. The third-order valence-electron chi connectivity index (χ3n) is 5.99. The van der Waals surface area contributed by atoms with Crippen LogP contribution in [0.1, 0.15) is 46.6 Å². The summed E-state index contributed by atoms with van der Waals surface area (Å²) in [6, 6.07) is 15.5. The second-order valence-corrected chi connectivity index (χ2v) is 8.30. The third kappa shape index (κ3) is 3.47. The van der Waals surface area contributed by atoms with Crippen LogP contribution in [0.4, 0.5) is 0 Å². The van der Waals surface area contributed by atoms with Crippen LogP contribution in [-0.2, 0) is 0 Å². The molecule has 2 aromatic carbocycles. The van der Waals surface area contributed by atoms with E-state index in [4.69, 9.17) is 0 Å². The zero-order valence-electron chi connectivity index (χ0n) is 17.2. The van der Waals surface area contributed by atoms with Crippen molar-refractivity contribution < 1.29 is 0 Å². The van der Waals surface area contributed by atoms with Gasteiger partial charge in [0.15, 0.2) is 0 Å². The van der Waals surface area contributed by atoms with Crippen LogP contribution >= 0.6 is 0 Å². The van der Waals surface area contributed by atoms with Gasteiger partial charge in [0.2, 0.25) is 0 Å². The molecule has 0 aromatic heterocycles. The summed E-state index contributed by atoms with van der Waals surface area (Å²) >= 11 is 0. The average molecular weight is 365 g/mol. The Morgan fingerprint density at radius 3 is 2.32 bits per heavy atom. The minimum Gasteiger partial charge on any atom is -0.0986 e. The smallest absolute Gasteiger partial charge is 0.0296 e. The highest BCUT2D eigenvalue weighted by molar-refractivity contribution is 5.76. The quantitative estimate of drug-likeness (QED) is 0.493. The SMILES string of the molecule is C=C1C/C(=C\C2=CC=C(c3cc(C)ccc3C)C2)C(=C)C1c1ccc(C)cc1. The Labute approximate surface area is 169 Å². The van der Waals surface area contributed by atoms with E-state index in [-0.39, 0.29) is 5.92 Å². The van der Waals surface area contributed by atoms with E-state index in [0.717, 1.165) is 12.8 Å². The first-order valence-electron chi connectivity index (χ1n) is 10.0. The van der Waals surface area contributed by atoms with E-state index in [2.05, 4.69) is 94.6 Å². The molecular weight excluding hydrogens is 336 g/mol. The number of hydrogen-bond donors (Lipinski definition) is 0. The predicted molar refractivity (Wildman–Crippen MR) is 121 cm³/mol. The number of benzene rings is 2. The summed E-state index contributed by atoms with van der Waals surface area (Å²) in [4.78, 5) is 0. The van der Waals surface area contributed by atoms with E-state index in [1.54, 1.807) is 0 Å². The van der Waals surface area contributed by atoms with Gasteiger partial charge in [0.25, 0.3) is 0 Å². The summed E-state index contributed by atoms with van der Waals surface area (Å²) in [5.41, 5.74) is 13.2. The van der Waals surface area contributed by atoms with Crippen LogP contribution in [-0.4, -0.2) is 0 Å². The summed E-state index contributed by atoms with van der Waals surface area (Å²) in [5, 5.41) is 0. The number of rotatable bonds is 3. The van der Waals surface area contributed by atoms with Crippen molar-refractivity contribution in [2.75, 3.05) is 0 Å². The molecule has 1 fully saturated rings. The van der Waals surface area contributed by atoms with Crippen LogP contribution in [0.15, 0.2) is 96.1 Å². The highest BCUT2D eigenvalue weighted by atomic mass is 14.3. The number of allylic oxidation sites excluding steroid dienone is 8. The van der Waals surface area contributed by atoms with Crippen molar-refractivity contribution in [1.29, 1.82) is 0 Å². The molecule has 0 nitrogen and oxygen atoms in total.